The number of furan rings is 2. The van der Waals surface area contributed by atoms with Gasteiger partial charge in [-0.2, -0.15) is 0 Å². The average molecular weight is 414 g/mol. The number of nitrogens with zero attached hydrogens (tertiary/aromatic N) is 3. The molecule has 2 saturated heterocycles. The number of aliphatic imine (C=N–C) groups is 1. The smallest absolute Gasteiger partial charge is 0.191 e. The maximum absolute atomic E-state index is 5.77. The summed E-state index contributed by atoms with van der Waals surface area (Å²) < 4.78 is 11.5. The predicted molar refractivity (Wildman–Crippen MR) is 118 cm³/mol. The molecule has 2 N–H and O–H groups in total. The third kappa shape index (κ3) is 5.26. The van der Waals surface area contributed by atoms with E-state index in [9.17, 15) is 0 Å². The second kappa shape index (κ2) is 10.7. The summed E-state index contributed by atoms with van der Waals surface area (Å²) in [4.78, 5) is 9.49. The van der Waals surface area contributed by atoms with E-state index in [0.717, 1.165) is 56.7 Å². The Morgan fingerprint density at radius 2 is 1.30 bits per heavy atom. The first-order valence-corrected chi connectivity index (χ1v) is 11.3. The van der Waals surface area contributed by atoms with Crippen molar-refractivity contribution < 1.29 is 8.83 Å². The van der Waals surface area contributed by atoms with Gasteiger partial charge in [0.05, 0.1) is 24.6 Å². The molecule has 0 spiro atoms. The van der Waals surface area contributed by atoms with Gasteiger partial charge >= 0.3 is 0 Å². The van der Waals surface area contributed by atoms with Gasteiger partial charge in [0.25, 0.3) is 0 Å². The Hall–Kier alpha value is -2.25. The molecule has 0 amide bonds. The van der Waals surface area contributed by atoms with Gasteiger partial charge in [0.2, 0.25) is 0 Å². The summed E-state index contributed by atoms with van der Waals surface area (Å²) in [5.74, 6) is 2.85. The van der Waals surface area contributed by atoms with E-state index in [1.165, 1.54) is 32.1 Å². The summed E-state index contributed by atoms with van der Waals surface area (Å²) in [6, 6.07) is 8.55. The fraction of sp³-hybridized carbons (Fsp3) is 0.609. The first-order valence-electron chi connectivity index (χ1n) is 11.3. The molecule has 7 heteroatoms. The van der Waals surface area contributed by atoms with Crippen LogP contribution in [0.25, 0.3) is 0 Å². The molecule has 164 valence electrons. The van der Waals surface area contributed by atoms with Crippen molar-refractivity contribution in [2.45, 2.75) is 44.2 Å². The van der Waals surface area contributed by atoms with E-state index in [-0.39, 0.29) is 12.1 Å². The number of hydrogen-bond acceptors (Lipinski definition) is 5. The molecule has 4 rings (SSSR count). The monoisotopic (exact) mass is 413 g/mol. The molecule has 2 atom stereocenters. The van der Waals surface area contributed by atoms with Gasteiger partial charge in [0.15, 0.2) is 5.96 Å². The van der Waals surface area contributed by atoms with Gasteiger partial charge in [-0.15, -0.1) is 0 Å². The zero-order valence-corrected chi connectivity index (χ0v) is 18.1. The molecule has 0 aromatic carbocycles. The Balaban J connectivity index is 1.36. The lowest BCUT2D eigenvalue weighted by molar-refractivity contribution is 0.146. The van der Waals surface area contributed by atoms with Crippen LogP contribution in [0, 0.1) is 0 Å². The second-order valence-electron chi connectivity index (χ2n) is 8.24. The number of hydrogen-bond donors (Lipinski definition) is 2. The molecule has 0 aliphatic carbocycles. The Kier molecular flexibility index (Phi) is 7.48. The first-order chi connectivity index (χ1) is 14.8. The fourth-order valence-corrected chi connectivity index (χ4v) is 4.67. The van der Waals surface area contributed by atoms with E-state index in [2.05, 4.69) is 37.6 Å². The van der Waals surface area contributed by atoms with E-state index in [4.69, 9.17) is 8.83 Å². The molecule has 0 radical (unpaired) electrons. The number of nitrogens with one attached hydrogen (secondary N) is 2. The summed E-state index contributed by atoms with van der Waals surface area (Å²) in [6.45, 7) is 6.01. The van der Waals surface area contributed by atoms with Gasteiger partial charge in [0, 0.05) is 20.1 Å². The molecule has 0 saturated carbocycles. The Morgan fingerprint density at radius 1 is 0.833 bits per heavy atom. The zero-order valence-electron chi connectivity index (χ0n) is 18.1. The van der Waals surface area contributed by atoms with Crippen molar-refractivity contribution in [3.8, 4) is 0 Å². The van der Waals surface area contributed by atoms with Crippen molar-refractivity contribution >= 4 is 5.96 Å². The molecule has 2 aliphatic rings. The van der Waals surface area contributed by atoms with Crippen molar-refractivity contribution in [2.24, 2.45) is 4.99 Å². The van der Waals surface area contributed by atoms with Gasteiger partial charge < -0.3 is 19.5 Å². The van der Waals surface area contributed by atoms with Crippen LogP contribution in [0.1, 0.15) is 55.7 Å². The first kappa shape index (κ1) is 21.0. The van der Waals surface area contributed by atoms with Crippen molar-refractivity contribution in [3.63, 3.8) is 0 Å². The number of likely N-dealkylation sites (tertiary alicyclic amines) is 2. The maximum atomic E-state index is 5.77. The lowest BCUT2D eigenvalue weighted by Crippen LogP contribution is -2.46. The molecular weight excluding hydrogens is 378 g/mol. The molecule has 2 unspecified atom stereocenters. The van der Waals surface area contributed by atoms with Crippen molar-refractivity contribution in [3.05, 3.63) is 48.3 Å². The molecule has 2 aromatic heterocycles. The van der Waals surface area contributed by atoms with Crippen LogP contribution in [0.5, 0.6) is 0 Å². The van der Waals surface area contributed by atoms with Gasteiger partial charge in [-0.1, -0.05) is 6.42 Å². The summed E-state index contributed by atoms with van der Waals surface area (Å²) in [7, 11) is 1.83. The van der Waals surface area contributed by atoms with Gasteiger partial charge in [-0.3, -0.25) is 14.8 Å². The van der Waals surface area contributed by atoms with Gasteiger partial charge in [-0.25, -0.2) is 0 Å². The quantitative estimate of drug-likeness (QED) is 0.511. The van der Waals surface area contributed by atoms with Crippen LogP contribution in [-0.2, 0) is 0 Å². The van der Waals surface area contributed by atoms with Crippen LogP contribution >= 0.6 is 0 Å². The SMILES string of the molecule is CN=C(NCC(c1ccco1)N1CCCCC1)NCC(c1ccco1)N1CCCC1. The molecule has 2 aliphatic heterocycles. The van der Waals surface area contributed by atoms with Gasteiger partial charge in [0.1, 0.15) is 11.5 Å². The maximum Gasteiger partial charge on any atom is 0.191 e. The second-order valence-corrected chi connectivity index (χ2v) is 8.24. The lowest BCUT2D eigenvalue weighted by atomic mass is 10.1. The molecule has 4 heterocycles. The summed E-state index contributed by atoms with van der Waals surface area (Å²) in [6.07, 6.45) is 9.87. The van der Waals surface area contributed by atoms with Crippen molar-refractivity contribution in [1.82, 2.24) is 20.4 Å². The van der Waals surface area contributed by atoms with Crippen LogP contribution in [0.15, 0.2) is 50.6 Å². The highest BCUT2D eigenvalue weighted by molar-refractivity contribution is 5.79. The van der Waals surface area contributed by atoms with E-state index in [1.54, 1.807) is 12.5 Å². The van der Waals surface area contributed by atoms with Crippen LogP contribution in [-0.4, -0.2) is 62.1 Å². The molecule has 30 heavy (non-hydrogen) atoms. The molecule has 0 bridgehead atoms. The minimum atomic E-state index is 0.221. The highest BCUT2D eigenvalue weighted by Crippen LogP contribution is 2.26. The normalized spacial score (nSPS) is 20.9. The van der Waals surface area contributed by atoms with E-state index in [1.807, 2.05) is 19.2 Å². The summed E-state index contributed by atoms with van der Waals surface area (Å²) >= 11 is 0. The number of guanidine groups is 1. The Bertz CT molecular complexity index is 747. The van der Waals surface area contributed by atoms with E-state index < -0.39 is 0 Å². The minimum absolute atomic E-state index is 0.221. The number of rotatable bonds is 8. The minimum Gasteiger partial charge on any atom is -0.468 e. The largest absolute Gasteiger partial charge is 0.468 e. The zero-order chi connectivity index (χ0) is 20.6. The molecule has 7 nitrogen and oxygen atoms in total. The average Bonchev–Trinajstić information content (AvgIpc) is 3.57. The fourth-order valence-electron chi connectivity index (χ4n) is 4.67. The van der Waals surface area contributed by atoms with Crippen LogP contribution in [0.3, 0.4) is 0 Å². The summed E-state index contributed by atoms with van der Waals surface area (Å²) in [5, 5.41) is 7.06. The molecular formula is C23H35N5O2. The number of piperidine rings is 1. The predicted octanol–water partition coefficient (Wildman–Crippen LogP) is 3.40. The highest BCUT2D eigenvalue weighted by Gasteiger charge is 2.27. The molecule has 2 aromatic rings. The van der Waals surface area contributed by atoms with Crippen LogP contribution in [0.4, 0.5) is 0 Å². The van der Waals surface area contributed by atoms with E-state index in [0.29, 0.717) is 0 Å². The highest BCUT2D eigenvalue weighted by atomic mass is 16.3. The third-order valence-electron chi connectivity index (χ3n) is 6.31. The lowest BCUT2D eigenvalue weighted by Gasteiger charge is -2.34. The Labute approximate surface area is 179 Å². The Morgan fingerprint density at radius 3 is 1.70 bits per heavy atom. The van der Waals surface area contributed by atoms with Crippen molar-refractivity contribution in [1.29, 1.82) is 0 Å². The van der Waals surface area contributed by atoms with E-state index >= 15 is 0 Å². The van der Waals surface area contributed by atoms with Crippen LogP contribution in [0.2, 0.25) is 0 Å². The van der Waals surface area contributed by atoms with Crippen LogP contribution < -0.4 is 10.6 Å². The van der Waals surface area contributed by atoms with Crippen molar-refractivity contribution in [2.75, 3.05) is 46.3 Å². The summed E-state index contributed by atoms with van der Waals surface area (Å²) in [5.41, 5.74) is 0. The topological polar surface area (TPSA) is 69.2 Å². The molecule has 2 fully saturated rings. The van der Waals surface area contributed by atoms with Gasteiger partial charge in [-0.05, 0) is 76.1 Å². The third-order valence-corrected chi connectivity index (χ3v) is 6.31. The standard InChI is InChI=1S/C23H35N5O2/c1-24-23(26-18-20(22-10-8-16-30-22)28-13-5-6-14-28)25-17-19(21-9-7-15-29-21)27-11-3-2-4-12-27/h7-10,15-16,19-20H,2-6,11-14,17-18H2,1H3,(H2,24,25,26).